The molecule has 3 heteroatoms. The number of nitrogens with two attached hydrogens (primary N) is 1. The van der Waals surface area contributed by atoms with Crippen LogP contribution in [0, 0.1) is 5.41 Å². The predicted molar refractivity (Wildman–Crippen MR) is 41.8 cm³/mol. The van der Waals surface area contributed by atoms with Gasteiger partial charge < -0.3 is 10.8 Å². The van der Waals surface area contributed by atoms with Gasteiger partial charge in [-0.05, 0) is 26.7 Å². The quantitative estimate of drug-likeness (QED) is 0.610. The third-order valence-corrected chi connectivity index (χ3v) is 2.85. The summed E-state index contributed by atoms with van der Waals surface area (Å²) >= 11 is 0. The van der Waals surface area contributed by atoms with Crippen LogP contribution in [0.2, 0.25) is 0 Å². The topological polar surface area (TPSA) is 63.3 Å². The number of rotatable bonds is 2. The Bertz CT molecular complexity index is 177. The maximum atomic E-state index is 11.0. The monoisotopic (exact) mass is 157 g/mol. The molecule has 1 saturated carbocycles. The number of hydrogen-bond donors (Lipinski definition) is 2. The molecule has 3 N–H and O–H groups in total. The van der Waals surface area contributed by atoms with Crippen molar-refractivity contribution in [1.29, 1.82) is 0 Å². The molecule has 0 aromatic heterocycles. The number of amides is 1. The molecule has 0 aromatic rings. The summed E-state index contributed by atoms with van der Waals surface area (Å²) in [5, 5.41) is 9.66. The van der Waals surface area contributed by atoms with E-state index >= 15 is 0 Å². The van der Waals surface area contributed by atoms with E-state index < -0.39 is 11.0 Å². The first-order valence-electron chi connectivity index (χ1n) is 3.92. The molecule has 0 bridgehead atoms. The van der Waals surface area contributed by atoms with E-state index in [0.29, 0.717) is 0 Å². The van der Waals surface area contributed by atoms with E-state index in [4.69, 9.17) is 5.73 Å². The van der Waals surface area contributed by atoms with Gasteiger partial charge in [0.1, 0.15) is 0 Å². The minimum absolute atomic E-state index is 0.365. The summed E-state index contributed by atoms with van der Waals surface area (Å²) in [6, 6.07) is 0. The first-order chi connectivity index (χ1) is 4.90. The Kier molecular flexibility index (Phi) is 1.71. The van der Waals surface area contributed by atoms with Crippen LogP contribution in [-0.4, -0.2) is 16.6 Å². The van der Waals surface area contributed by atoms with Gasteiger partial charge in [0.05, 0.1) is 11.0 Å². The van der Waals surface area contributed by atoms with Crippen LogP contribution in [0.25, 0.3) is 0 Å². The third kappa shape index (κ3) is 1.03. The summed E-state index contributed by atoms with van der Waals surface area (Å²) in [6.07, 6.45) is 2.45. The van der Waals surface area contributed by atoms with Crippen molar-refractivity contribution < 1.29 is 9.90 Å². The Hall–Kier alpha value is -0.570. The van der Waals surface area contributed by atoms with Gasteiger partial charge in [-0.25, -0.2) is 0 Å². The van der Waals surface area contributed by atoms with Gasteiger partial charge >= 0.3 is 0 Å². The number of carbonyl (C=O) groups is 1. The van der Waals surface area contributed by atoms with Gasteiger partial charge in [-0.15, -0.1) is 0 Å². The van der Waals surface area contributed by atoms with E-state index in [9.17, 15) is 9.90 Å². The molecule has 0 radical (unpaired) electrons. The molecule has 0 saturated heterocycles. The summed E-state index contributed by atoms with van der Waals surface area (Å²) in [4.78, 5) is 11.0. The van der Waals surface area contributed by atoms with E-state index in [1.165, 1.54) is 0 Å². The fourth-order valence-corrected chi connectivity index (χ4v) is 1.69. The molecule has 0 heterocycles. The van der Waals surface area contributed by atoms with Crippen molar-refractivity contribution in [3.05, 3.63) is 0 Å². The largest absolute Gasteiger partial charge is 0.389 e. The average molecular weight is 157 g/mol. The summed E-state index contributed by atoms with van der Waals surface area (Å²) in [6.45, 7) is 3.30. The van der Waals surface area contributed by atoms with Crippen molar-refractivity contribution >= 4 is 5.91 Å². The van der Waals surface area contributed by atoms with E-state index in [1.54, 1.807) is 13.8 Å². The van der Waals surface area contributed by atoms with Crippen LogP contribution in [0.1, 0.15) is 33.1 Å². The normalized spacial score (nSPS) is 22.5. The molecule has 1 fully saturated rings. The van der Waals surface area contributed by atoms with Gasteiger partial charge in [-0.2, -0.15) is 0 Å². The van der Waals surface area contributed by atoms with Crippen molar-refractivity contribution in [2.75, 3.05) is 0 Å². The van der Waals surface area contributed by atoms with Crippen LogP contribution in [-0.2, 0) is 4.79 Å². The molecule has 11 heavy (non-hydrogen) atoms. The molecule has 64 valence electrons. The fraction of sp³-hybridized carbons (Fsp3) is 0.875. The molecule has 1 aliphatic rings. The van der Waals surface area contributed by atoms with Crippen molar-refractivity contribution in [3.63, 3.8) is 0 Å². The zero-order chi connectivity index (χ0) is 8.70. The highest BCUT2D eigenvalue weighted by Gasteiger charge is 2.53. The maximum absolute atomic E-state index is 11.0. The lowest BCUT2D eigenvalue weighted by Gasteiger charge is -2.47. The van der Waals surface area contributed by atoms with Crippen LogP contribution >= 0.6 is 0 Å². The minimum Gasteiger partial charge on any atom is -0.389 e. The molecule has 1 aliphatic carbocycles. The van der Waals surface area contributed by atoms with Crippen molar-refractivity contribution in [1.82, 2.24) is 0 Å². The highest BCUT2D eigenvalue weighted by Crippen LogP contribution is 2.48. The second-order valence-corrected chi connectivity index (χ2v) is 3.86. The van der Waals surface area contributed by atoms with Crippen LogP contribution in [0.15, 0.2) is 0 Å². The number of carbonyl (C=O) groups excluding carboxylic acids is 1. The Labute approximate surface area is 66.6 Å². The smallest absolute Gasteiger partial charge is 0.226 e. The van der Waals surface area contributed by atoms with Crippen molar-refractivity contribution in [2.45, 2.75) is 38.7 Å². The van der Waals surface area contributed by atoms with Gasteiger partial charge in [-0.1, -0.05) is 6.42 Å². The molecule has 0 unspecified atom stereocenters. The number of primary amides is 1. The zero-order valence-corrected chi connectivity index (χ0v) is 7.05. The molecule has 1 amide bonds. The SMILES string of the molecule is CC(C)(O)C1(C(N)=O)CCC1. The number of hydrogen-bond acceptors (Lipinski definition) is 2. The molecular weight excluding hydrogens is 142 g/mol. The minimum atomic E-state index is -0.961. The Morgan fingerprint density at radius 2 is 2.00 bits per heavy atom. The molecule has 0 atom stereocenters. The molecule has 0 spiro atoms. The van der Waals surface area contributed by atoms with E-state index in [2.05, 4.69) is 0 Å². The second kappa shape index (κ2) is 2.21. The zero-order valence-electron chi connectivity index (χ0n) is 7.05. The fourth-order valence-electron chi connectivity index (χ4n) is 1.69. The van der Waals surface area contributed by atoms with Gasteiger partial charge in [0, 0.05) is 0 Å². The third-order valence-electron chi connectivity index (χ3n) is 2.85. The Morgan fingerprint density at radius 1 is 1.55 bits per heavy atom. The molecular formula is C8H15NO2. The van der Waals surface area contributed by atoms with E-state index in [-0.39, 0.29) is 5.91 Å². The van der Waals surface area contributed by atoms with Crippen molar-refractivity contribution in [2.24, 2.45) is 11.1 Å². The first-order valence-corrected chi connectivity index (χ1v) is 3.92. The molecule has 0 aliphatic heterocycles. The van der Waals surface area contributed by atoms with Crippen molar-refractivity contribution in [3.8, 4) is 0 Å². The molecule has 1 rings (SSSR count). The highest BCUT2D eigenvalue weighted by molar-refractivity contribution is 5.83. The first kappa shape index (κ1) is 8.53. The van der Waals surface area contributed by atoms with Gasteiger partial charge in [-0.3, -0.25) is 4.79 Å². The number of aliphatic hydroxyl groups is 1. The molecule has 0 aromatic carbocycles. The van der Waals surface area contributed by atoms with Gasteiger partial charge in [0.15, 0.2) is 0 Å². The second-order valence-electron chi connectivity index (χ2n) is 3.86. The lowest BCUT2D eigenvalue weighted by atomic mass is 9.59. The van der Waals surface area contributed by atoms with Crippen LogP contribution in [0.5, 0.6) is 0 Å². The Balaban J connectivity index is 2.85. The summed E-state index contributed by atoms with van der Waals surface area (Å²) in [5.41, 5.74) is 3.61. The maximum Gasteiger partial charge on any atom is 0.226 e. The highest BCUT2D eigenvalue weighted by atomic mass is 16.3. The lowest BCUT2D eigenvalue weighted by Crippen LogP contribution is -2.56. The van der Waals surface area contributed by atoms with Crippen LogP contribution in [0.4, 0.5) is 0 Å². The van der Waals surface area contributed by atoms with E-state index in [1.807, 2.05) is 0 Å². The summed E-state index contributed by atoms with van der Waals surface area (Å²) in [7, 11) is 0. The Morgan fingerprint density at radius 3 is 2.00 bits per heavy atom. The summed E-state index contributed by atoms with van der Waals surface area (Å²) in [5.74, 6) is -0.365. The lowest BCUT2D eigenvalue weighted by molar-refractivity contribution is -0.155. The standard InChI is InChI=1S/C8H15NO2/c1-7(2,11)8(6(9)10)4-3-5-8/h11H,3-5H2,1-2H3,(H2,9,10). The van der Waals surface area contributed by atoms with Crippen LogP contribution < -0.4 is 5.73 Å². The van der Waals surface area contributed by atoms with Gasteiger partial charge in [0.2, 0.25) is 5.91 Å². The van der Waals surface area contributed by atoms with Crippen LogP contribution in [0.3, 0.4) is 0 Å². The average Bonchev–Trinajstić information content (AvgIpc) is 1.52. The molecule has 3 nitrogen and oxygen atoms in total. The van der Waals surface area contributed by atoms with E-state index in [0.717, 1.165) is 19.3 Å². The summed E-state index contributed by atoms with van der Waals surface area (Å²) < 4.78 is 0. The van der Waals surface area contributed by atoms with Gasteiger partial charge in [0.25, 0.3) is 0 Å². The predicted octanol–water partition coefficient (Wildman–Crippen LogP) is 0.413.